The van der Waals surface area contributed by atoms with E-state index in [9.17, 15) is 5.26 Å². The van der Waals surface area contributed by atoms with Gasteiger partial charge >= 0.3 is 6.29 Å². The minimum Gasteiger partial charge on any atom is -0.463 e. The van der Waals surface area contributed by atoms with Gasteiger partial charge in [0, 0.05) is 0 Å². The summed E-state index contributed by atoms with van der Waals surface area (Å²) in [7, 11) is 0. The zero-order chi connectivity index (χ0) is 7.33. The largest absolute Gasteiger partial charge is 0.463 e. The van der Waals surface area contributed by atoms with Crippen LogP contribution in [0.15, 0.2) is 0 Å². The summed E-state index contributed by atoms with van der Waals surface area (Å²) in [6, 6.07) is 0. The Labute approximate surface area is 53.0 Å². The van der Waals surface area contributed by atoms with Crippen LogP contribution in [0.4, 0.5) is 0 Å². The van der Waals surface area contributed by atoms with Crippen LogP contribution in [0.25, 0.3) is 0 Å². The van der Waals surface area contributed by atoms with Crippen molar-refractivity contribution in [3.63, 3.8) is 0 Å². The second-order valence-corrected chi connectivity index (χ2v) is 2.18. The summed E-state index contributed by atoms with van der Waals surface area (Å²) >= 11 is 0. The van der Waals surface area contributed by atoms with Crippen molar-refractivity contribution in [1.82, 2.24) is 0 Å². The molecule has 0 atom stereocenters. The molecule has 4 nitrogen and oxygen atoms in total. The average molecular weight is 134 g/mol. The Morgan fingerprint density at radius 2 is 2.00 bits per heavy atom. The molecular weight excluding hydrogens is 124 g/mol. The van der Waals surface area contributed by atoms with E-state index in [0.29, 0.717) is 0 Å². The van der Waals surface area contributed by atoms with E-state index in [0.717, 1.165) is 6.29 Å². The predicted octanol–water partition coefficient (Wildman–Crippen LogP) is -2.01. The highest BCUT2D eigenvalue weighted by molar-refractivity contribution is 5.59. The van der Waals surface area contributed by atoms with Crippen molar-refractivity contribution >= 4 is 6.29 Å². The molecule has 0 saturated carbocycles. The lowest BCUT2D eigenvalue weighted by Crippen LogP contribution is -2.29. The Hall–Kier alpha value is -0.610. The highest BCUT2D eigenvalue weighted by atomic mass is 17.1. The van der Waals surface area contributed by atoms with Crippen LogP contribution in [-0.2, 0) is 4.58 Å². The fourth-order valence-corrected chi connectivity index (χ4v) is 0.241. The van der Waals surface area contributed by atoms with Crippen LogP contribution < -0.4 is 5.26 Å². The van der Waals surface area contributed by atoms with Gasteiger partial charge in [-0.25, -0.2) is 0 Å². The number of aliphatic hydroxyl groups excluding tert-OH is 2. The lowest BCUT2D eigenvalue weighted by molar-refractivity contribution is -1.04. The minimum absolute atomic E-state index is 0.300. The SMILES string of the molecule is CC(C=[O+][O-])(CO)CO. The van der Waals surface area contributed by atoms with Crippen molar-refractivity contribution in [1.29, 1.82) is 0 Å². The number of rotatable bonds is 3. The van der Waals surface area contributed by atoms with Crippen molar-refractivity contribution in [2.24, 2.45) is 5.41 Å². The van der Waals surface area contributed by atoms with E-state index in [1.54, 1.807) is 0 Å². The molecule has 0 spiro atoms. The summed E-state index contributed by atoms with van der Waals surface area (Å²) in [4.78, 5) is 0. The van der Waals surface area contributed by atoms with Crippen molar-refractivity contribution < 1.29 is 20.0 Å². The van der Waals surface area contributed by atoms with Crippen LogP contribution in [-0.4, -0.2) is 29.7 Å². The van der Waals surface area contributed by atoms with E-state index < -0.39 is 5.41 Å². The molecule has 4 heteroatoms. The van der Waals surface area contributed by atoms with Crippen LogP contribution in [0, 0.1) is 5.41 Å². The van der Waals surface area contributed by atoms with Crippen LogP contribution >= 0.6 is 0 Å². The van der Waals surface area contributed by atoms with Crippen molar-refractivity contribution in [3.8, 4) is 0 Å². The molecule has 0 aromatic heterocycles. The molecule has 0 aromatic rings. The first-order valence-electron chi connectivity index (χ1n) is 2.53. The number of aldehydes is 1. The molecule has 0 unspecified atom stereocenters. The molecular formula is C5H10O4. The molecule has 0 fully saturated rings. The predicted molar refractivity (Wildman–Crippen MR) is 28.3 cm³/mol. The Balaban J connectivity index is 3.92. The van der Waals surface area contributed by atoms with E-state index in [1.807, 2.05) is 0 Å². The van der Waals surface area contributed by atoms with Gasteiger partial charge in [-0.05, 0) is 6.92 Å². The first-order valence-corrected chi connectivity index (χ1v) is 2.53. The molecule has 0 aliphatic rings. The maximum absolute atomic E-state index is 9.49. The van der Waals surface area contributed by atoms with Gasteiger partial charge in [-0.15, -0.1) is 0 Å². The van der Waals surface area contributed by atoms with Crippen LogP contribution in [0.5, 0.6) is 0 Å². The summed E-state index contributed by atoms with van der Waals surface area (Å²) in [5.41, 5.74) is -0.915. The van der Waals surface area contributed by atoms with E-state index >= 15 is 0 Å². The van der Waals surface area contributed by atoms with Gasteiger partial charge in [-0.2, -0.15) is 4.58 Å². The summed E-state index contributed by atoms with van der Waals surface area (Å²) in [5, 5.41) is 26.5. The molecule has 54 valence electrons. The van der Waals surface area contributed by atoms with E-state index in [2.05, 4.69) is 4.58 Å². The highest BCUT2D eigenvalue weighted by Gasteiger charge is 2.26. The average Bonchev–Trinajstić information content (AvgIpc) is 1.89. The molecule has 0 amide bonds. The molecule has 0 aliphatic heterocycles. The van der Waals surface area contributed by atoms with E-state index in [-0.39, 0.29) is 13.2 Å². The molecule has 0 rings (SSSR count). The molecule has 0 saturated heterocycles. The Morgan fingerprint density at radius 3 is 2.11 bits per heavy atom. The standard InChI is InChI=1S/C5H10O4/c1-5(2-6,3-7)4-9-8/h4,6-7H,2-3H2,1H3. The molecule has 0 radical (unpaired) electrons. The fourth-order valence-electron chi connectivity index (χ4n) is 0.241. The Bertz CT molecular complexity index is 95.1. The monoisotopic (exact) mass is 134 g/mol. The minimum atomic E-state index is -0.915. The van der Waals surface area contributed by atoms with Gasteiger partial charge in [0.25, 0.3) is 0 Å². The number of carbonyl (C=O) groups excluding carboxylic acids is 1. The summed E-state index contributed by atoms with van der Waals surface area (Å²) in [6.45, 7) is 0.905. The highest BCUT2D eigenvalue weighted by Crippen LogP contribution is 2.08. The van der Waals surface area contributed by atoms with E-state index in [1.165, 1.54) is 6.92 Å². The molecule has 0 heterocycles. The molecule has 2 N–H and O–H groups in total. The first-order chi connectivity index (χ1) is 4.18. The lowest BCUT2D eigenvalue weighted by atomic mass is 9.96. The van der Waals surface area contributed by atoms with Gasteiger partial charge in [0.15, 0.2) is 0 Å². The molecule has 9 heavy (non-hydrogen) atoms. The second-order valence-electron chi connectivity index (χ2n) is 2.18. The normalized spacial score (nSPS) is 12.8. The Morgan fingerprint density at radius 1 is 1.56 bits per heavy atom. The maximum Gasteiger partial charge on any atom is 0.328 e. The fraction of sp³-hybridized carbons (Fsp3) is 0.800. The van der Waals surface area contributed by atoms with Gasteiger partial charge < -0.3 is 15.5 Å². The van der Waals surface area contributed by atoms with Crippen LogP contribution in [0.2, 0.25) is 0 Å². The third kappa shape index (κ3) is 2.43. The van der Waals surface area contributed by atoms with Gasteiger partial charge in [-0.3, -0.25) is 0 Å². The quantitative estimate of drug-likeness (QED) is 0.203. The zero-order valence-electron chi connectivity index (χ0n) is 5.20. The first kappa shape index (κ1) is 8.39. The van der Waals surface area contributed by atoms with Crippen molar-refractivity contribution in [2.45, 2.75) is 6.92 Å². The number of aliphatic hydroxyl groups is 2. The Kier molecular flexibility index (Phi) is 3.19. The third-order valence-corrected chi connectivity index (χ3v) is 1.06. The topological polar surface area (TPSA) is 74.8 Å². The van der Waals surface area contributed by atoms with Crippen molar-refractivity contribution in [3.05, 3.63) is 0 Å². The maximum atomic E-state index is 9.49. The van der Waals surface area contributed by atoms with Crippen LogP contribution in [0.1, 0.15) is 6.92 Å². The van der Waals surface area contributed by atoms with Crippen molar-refractivity contribution in [2.75, 3.05) is 13.2 Å². The molecule has 0 aromatic carbocycles. The molecule has 0 aliphatic carbocycles. The lowest BCUT2D eigenvalue weighted by Gasteiger charge is -2.11. The van der Waals surface area contributed by atoms with Gasteiger partial charge in [0.2, 0.25) is 0 Å². The van der Waals surface area contributed by atoms with Gasteiger partial charge in [0.05, 0.1) is 13.2 Å². The molecule has 0 bridgehead atoms. The number of hydrogen-bond acceptors (Lipinski definition) is 3. The second kappa shape index (κ2) is 3.42. The third-order valence-electron chi connectivity index (χ3n) is 1.06. The van der Waals surface area contributed by atoms with Crippen LogP contribution in [0.3, 0.4) is 0 Å². The van der Waals surface area contributed by atoms with Gasteiger partial charge in [-0.1, -0.05) is 0 Å². The van der Waals surface area contributed by atoms with Gasteiger partial charge in [0.1, 0.15) is 5.41 Å². The number of hydrogen-bond donors (Lipinski definition) is 2. The zero-order valence-corrected chi connectivity index (χ0v) is 5.20. The van der Waals surface area contributed by atoms with E-state index in [4.69, 9.17) is 10.2 Å². The smallest absolute Gasteiger partial charge is 0.328 e. The summed E-state index contributed by atoms with van der Waals surface area (Å²) < 4.78 is 3.39. The summed E-state index contributed by atoms with van der Waals surface area (Å²) in [5.74, 6) is 0. The summed E-state index contributed by atoms with van der Waals surface area (Å²) in [6.07, 6.45) is 0.868.